The Balaban J connectivity index is 2.51. The van der Waals surface area contributed by atoms with Gasteiger partial charge >= 0.3 is 6.09 Å². The lowest BCUT2D eigenvalue weighted by molar-refractivity contribution is -0.125. The molecular formula is C9H14N2O4. The number of ether oxygens (including phenoxy) is 1. The molecule has 0 saturated carbocycles. The van der Waals surface area contributed by atoms with E-state index in [4.69, 9.17) is 4.74 Å². The maximum atomic E-state index is 11.2. The van der Waals surface area contributed by atoms with Crippen LogP contribution in [0.1, 0.15) is 20.8 Å². The monoisotopic (exact) mass is 214 g/mol. The molecular weight excluding hydrogens is 200 g/mol. The molecule has 1 heterocycles. The molecule has 0 bridgehead atoms. The Hall–Kier alpha value is -1.59. The molecule has 2 N–H and O–H groups in total. The number of rotatable bonds is 1. The Morgan fingerprint density at radius 1 is 1.47 bits per heavy atom. The summed E-state index contributed by atoms with van der Waals surface area (Å²) in [6.45, 7) is 5.05. The number of Topliss-reactive ketones (excluding diaryl/α,β-unsaturated/α-hetero) is 1. The van der Waals surface area contributed by atoms with Crippen molar-refractivity contribution in [2.45, 2.75) is 32.4 Å². The van der Waals surface area contributed by atoms with E-state index >= 15 is 0 Å². The Morgan fingerprint density at radius 3 is 2.47 bits per heavy atom. The van der Waals surface area contributed by atoms with Crippen LogP contribution in [0.5, 0.6) is 0 Å². The Bertz CT molecular complexity index is 290. The van der Waals surface area contributed by atoms with Crippen molar-refractivity contribution in [3.05, 3.63) is 0 Å². The zero-order chi connectivity index (χ0) is 11.6. The average molecular weight is 214 g/mol. The lowest BCUT2D eigenvalue weighted by Gasteiger charge is -2.20. The van der Waals surface area contributed by atoms with Crippen LogP contribution >= 0.6 is 0 Å². The second-order valence-electron chi connectivity index (χ2n) is 4.26. The fourth-order valence-corrected chi connectivity index (χ4v) is 1.10. The predicted molar refractivity (Wildman–Crippen MR) is 51.2 cm³/mol. The third-order valence-corrected chi connectivity index (χ3v) is 1.68. The Kier molecular flexibility index (Phi) is 2.97. The highest BCUT2D eigenvalue weighted by molar-refractivity contribution is 6.13. The second kappa shape index (κ2) is 3.88. The first-order valence-electron chi connectivity index (χ1n) is 4.59. The van der Waals surface area contributed by atoms with Crippen molar-refractivity contribution in [3.8, 4) is 0 Å². The zero-order valence-electron chi connectivity index (χ0n) is 8.92. The molecule has 6 nitrogen and oxygen atoms in total. The van der Waals surface area contributed by atoms with Gasteiger partial charge in [0.05, 0.1) is 6.54 Å². The van der Waals surface area contributed by atoms with E-state index in [2.05, 4.69) is 10.6 Å². The highest BCUT2D eigenvalue weighted by Gasteiger charge is 2.35. The number of ketones is 1. The summed E-state index contributed by atoms with van der Waals surface area (Å²) in [5.41, 5.74) is -0.651. The summed E-state index contributed by atoms with van der Waals surface area (Å²) in [5, 5.41) is 4.54. The number of carbonyl (C=O) groups excluding carboxylic acids is 3. The molecule has 15 heavy (non-hydrogen) atoms. The van der Waals surface area contributed by atoms with Gasteiger partial charge in [-0.25, -0.2) is 4.79 Å². The molecule has 1 fully saturated rings. The molecule has 0 aromatic heterocycles. The quantitative estimate of drug-likeness (QED) is 0.580. The van der Waals surface area contributed by atoms with Gasteiger partial charge in [0.1, 0.15) is 5.60 Å². The van der Waals surface area contributed by atoms with Crippen LogP contribution in [0.3, 0.4) is 0 Å². The molecule has 6 heteroatoms. The second-order valence-corrected chi connectivity index (χ2v) is 4.26. The largest absolute Gasteiger partial charge is 0.444 e. The molecule has 1 aliphatic heterocycles. The number of nitrogens with one attached hydrogen (secondary N) is 2. The van der Waals surface area contributed by atoms with Gasteiger partial charge in [-0.15, -0.1) is 0 Å². The minimum Gasteiger partial charge on any atom is -0.444 e. The van der Waals surface area contributed by atoms with Crippen LogP contribution in [0, 0.1) is 0 Å². The van der Waals surface area contributed by atoms with E-state index in [0.29, 0.717) is 0 Å². The van der Waals surface area contributed by atoms with Gasteiger partial charge in [0.2, 0.25) is 0 Å². The van der Waals surface area contributed by atoms with Crippen molar-refractivity contribution < 1.29 is 19.1 Å². The van der Waals surface area contributed by atoms with Crippen LogP contribution in [0.15, 0.2) is 0 Å². The summed E-state index contributed by atoms with van der Waals surface area (Å²) in [5.74, 6) is -0.850. The van der Waals surface area contributed by atoms with E-state index in [-0.39, 0.29) is 12.3 Å². The average Bonchev–Trinajstić information content (AvgIpc) is 2.32. The first-order valence-corrected chi connectivity index (χ1v) is 4.59. The van der Waals surface area contributed by atoms with E-state index in [1.807, 2.05) is 0 Å². The van der Waals surface area contributed by atoms with Crippen LogP contribution in [0.4, 0.5) is 4.79 Å². The van der Waals surface area contributed by atoms with E-state index in [9.17, 15) is 14.4 Å². The summed E-state index contributed by atoms with van der Waals surface area (Å²) in [6.07, 6.45) is -0.766. The molecule has 1 aliphatic rings. The summed E-state index contributed by atoms with van der Waals surface area (Å²) in [7, 11) is 0. The van der Waals surface area contributed by atoms with Gasteiger partial charge in [0, 0.05) is 0 Å². The lowest BCUT2D eigenvalue weighted by Crippen LogP contribution is -2.45. The molecule has 0 radical (unpaired) electrons. The highest BCUT2D eigenvalue weighted by Crippen LogP contribution is 2.07. The van der Waals surface area contributed by atoms with Gasteiger partial charge in [-0.05, 0) is 20.8 Å². The third-order valence-electron chi connectivity index (χ3n) is 1.68. The maximum absolute atomic E-state index is 11.2. The van der Waals surface area contributed by atoms with Crippen molar-refractivity contribution >= 4 is 17.8 Å². The van der Waals surface area contributed by atoms with E-state index in [1.54, 1.807) is 20.8 Å². The van der Waals surface area contributed by atoms with E-state index < -0.39 is 23.6 Å². The van der Waals surface area contributed by atoms with Crippen molar-refractivity contribution in [3.63, 3.8) is 0 Å². The SMILES string of the molecule is CC(C)(C)OC(=O)NC1C(=O)CNC1=O. The summed E-state index contributed by atoms with van der Waals surface area (Å²) < 4.78 is 4.91. The van der Waals surface area contributed by atoms with Gasteiger partial charge in [0.15, 0.2) is 11.8 Å². The smallest absolute Gasteiger partial charge is 0.408 e. The van der Waals surface area contributed by atoms with Gasteiger partial charge in [0.25, 0.3) is 5.91 Å². The zero-order valence-corrected chi connectivity index (χ0v) is 8.92. The van der Waals surface area contributed by atoms with Gasteiger partial charge in [-0.3, -0.25) is 9.59 Å². The number of hydrogen-bond acceptors (Lipinski definition) is 4. The van der Waals surface area contributed by atoms with Crippen LogP contribution in [0.2, 0.25) is 0 Å². The molecule has 0 aliphatic carbocycles. The molecule has 84 valence electrons. The Labute approximate surface area is 87.4 Å². The standard InChI is InChI=1S/C9H14N2O4/c1-9(2,3)15-8(14)11-6-5(12)4-10-7(6)13/h6H,4H2,1-3H3,(H,10,13)(H,11,14). The maximum Gasteiger partial charge on any atom is 0.408 e. The third kappa shape index (κ3) is 3.23. The number of alkyl carbamates (subject to hydrolysis) is 1. The van der Waals surface area contributed by atoms with Gasteiger partial charge in [-0.2, -0.15) is 0 Å². The summed E-state index contributed by atoms with van der Waals surface area (Å²) >= 11 is 0. The molecule has 0 aromatic rings. The molecule has 0 aromatic carbocycles. The number of carbonyl (C=O) groups is 3. The fraction of sp³-hybridized carbons (Fsp3) is 0.667. The molecule has 1 unspecified atom stereocenters. The topological polar surface area (TPSA) is 84.5 Å². The highest BCUT2D eigenvalue weighted by atomic mass is 16.6. The number of amides is 2. The normalized spacial score (nSPS) is 21.1. The van der Waals surface area contributed by atoms with E-state index in [1.165, 1.54) is 0 Å². The van der Waals surface area contributed by atoms with Crippen LogP contribution < -0.4 is 10.6 Å². The summed E-state index contributed by atoms with van der Waals surface area (Å²) in [6, 6.07) is -1.11. The van der Waals surface area contributed by atoms with Crippen molar-refractivity contribution in [2.75, 3.05) is 6.54 Å². The minimum absolute atomic E-state index is 0.0424. The fourth-order valence-electron chi connectivity index (χ4n) is 1.10. The van der Waals surface area contributed by atoms with Crippen LogP contribution in [-0.2, 0) is 14.3 Å². The van der Waals surface area contributed by atoms with Crippen molar-refractivity contribution in [1.29, 1.82) is 0 Å². The predicted octanol–water partition coefficient (Wildman–Crippen LogP) is -0.421. The minimum atomic E-state index is -1.11. The van der Waals surface area contributed by atoms with Crippen LogP contribution in [0.25, 0.3) is 0 Å². The van der Waals surface area contributed by atoms with Crippen molar-refractivity contribution in [1.82, 2.24) is 10.6 Å². The molecule has 1 atom stereocenters. The van der Waals surface area contributed by atoms with Crippen LogP contribution in [-0.4, -0.2) is 36.0 Å². The molecule has 0 spiro atoms. The number of hydrogen-bond donors (Lipinski definition) is 2. The van der Waals surface area contributed by atoms with Gasteiger partial charge in [-0.1, -0.05) is 0 Å². The Morgan fingerprint density at radius 2 is 2.07 bits per heavy atom. The first kappa shape index (κ1) is 11.5. The molecule has 1 rings (SSSR count). The molecule has 1 saturated heterocycles. The van der Waals surface area contributed by atoms with Crippen molar-refractivity contribution in [2.24, 2.45) is 0 Å². The summed E-state index contributed by atoms with van der Waals surface area (Å²) in [4.78, 5) is 33.5. The lowest BCUT2D eigenvalue weighted by atomic mass is 10.2. The molecule has 2 amide bonds. The van der Waals surface area contributed by atoms with Gasteiger partial charge < -0.3 is 15.4 Å². The van der Waals surface area contributed by atoms with E-state index in [0.717, 1.165) is 0 Å². The first-order chi connectivity index (χ1) is 6.79.